The van der Waals surface area contributed by atoms with E-state index in [1.165, 1.54) is 12.1 Å². The number of nitrogens with zero attached hydrogens (tertiary/aromatic N) is 1. The van der Waals surface area contributed by atoms with E-state index in [4.69, 9.17) is 5.26 Å². The molecule has 6 nitrogen and oxygen atoms in total. The molecule has 122 valence electrons. The minimum atomic E-state index is -0.445. The predicted molar refractivity (Wildman–Crippen MR) is 91.2 cm³/mol. The number of benzene rings is 2. The fraction of sp³-hybridized carbons (Fsp3) is 0.167. The molecule has 0 unspecified atom stereocenters. The van der Waals surface area contributed by atoms with E-state index in [1.807, 2.05) is 38.1 Å². The van der Waals surface area contributed by atoms with Gasteiger partial charge in [0.1, 0.15) is 0 Å². The molecule has 0 aromatic heterocycles. The highest BCUT2D eigenvalue weighted by Gasteiger charge is 2.08. The van der Waals surface area contributed by atoms with Gasteiger partial charge in [0.15, 0.2) is 0 Å². The molecule has 24 heavy (non-hydrogen) atoms. The molecule has 0 saturated heterocycles. The lowest BCUT2D eigenvalue weighted by Gasteiger charge is -2.11. The molecule has 0 radical (unpaired) electrons. The summed E-state index contributed by atoms with van der Waals surface area (Å²) < 4.78 is 0. The summed E-state index contributed by atoms with van der Waals surface area (Å²) in [5.41, 5.74) is 8.57. The summed E-state index contributed by atoms with van der Waals surface area (Å²) in [7, 11) is 0. The number of carbonyl (C=O) groups excluding carboxylic acids is 2. The maximum Gasteiger partial charge on any atom is 0.269 e. The van der Waals surface area contributed by atoms with Crippen LogP contribution in [0.4, 0.5) is 5.69 Å². The zero-order chi connectivity index (χ0) is 17.5. The van der Waals surface area contributed by atoms with E-state index in [0.717, 1.165) is 16.8 Å². The number of amides is 2. The number of nitrogens with one attached hydrogen (secondary N) is 3. The molecule has 2 rings (SSSR count). The monoisotopic (exact) mass is 322 g/mol. The van der Waals surface area contributed by atoms with E-state index in [-0.39, 0.29) is 12.5 Å². The van der Waals surface area contributed by atoms with Gasteiger partial charge in [-0.05, 0) is 49.7 Å². The van der Waals surface area contributed by atoms with Crippen molar-refractivity contribution in [2.75, 3.05) is 11.9 Å². The second kappa shape index (κ2) is 7.79. The fourth-order valence-corrected chi connectivity index (χ4v) is 2.13. The van der Waals surface area contributed by atoms with Crippen LogP contribution < -0.4 is 16.2 Å². The van der Waals surface area contributed by atoms with E-state index in [2.05, 4.69) is 16.2 Å². The molecular formula is C18H18N4O2. The minimum Gasteiger partial charge on any atom is -0.376 e. The Morgan fingerprint density at radius 1 is 1.04 bits per heavy atom. The van der Waals surface area contributed by atoms with Crippen LogP contribution in [0.2, 0.25) is 0 Å². The lowest BCUT2D eigenvalue weighted by Crippen LogP contribution is -2.44. The van der Waals surface area contributed by atoms with Gasteiger partial charge in [-0.15, -0.1) is 0 Å². The Kier molecular flexibility index (Phi) is 5.53. The highest BCUT2D eigenvalue weighted by Crippen LogP contribution is 2.15. The van der Waals surface area contributed by atoms with Crippen molar-refractivity contribution in [3.05, 3.63) is 64.7 Å². The van der Waals surface area contributed by atoms with Crippen molar-refractivity contribution >= 4 is 17.5 Å². The first-order valence-corrected chi connectivity index (χ1v) is 7.40. The van der Waals surface area contributed by atoms with Crippen LogP contribution in [0.25, 0.3) is 0 Å². The topological polar surface area (TPSA) is 94.0 Å². The van der Waals surface area contributed by atoms with Gasteiger partial charge in [0.25, 0.3) is 11.8 Å². The number of hydrazine groups is 1. The number of hydrogen-bond acceptors (Lipinski definition) is 4. The first kappa shape index (κ1) is 17.0. The lowest BCUT2D eigenvalue weighted by atomic mass is 10.1. The largest absolute Gasteiger partial charge is 0.376 e. The van der Waals surface area contributed by atoms with Crippen LogP contribution in [0.1, 0.15) is 27.0 Å². The third kappa shape index (κ3) is 4.58. The average Bonchev–Trinajstić information content (AvgIpc) is 2.59. The molecule has 0 bridgehead atoms. The van der Waals surface area contributed by atoms with Crippen LogP contribution >= 0.6 is 0 Å². The van der Waals surface area contributed by atoms with Gasteiger partial charge in [-0.3, -0.25) is 20.4 Å². The molecule has 0 spiro atoms. The lowest BCUT2D eigenvalue weighted by molar-refractivity contribution is -0.120. The molecule has 0 fully saturated rings. The number of carbonyl (C=O) groups is 2. The Labute approximate surface area is 140 Å². The summed E-state index contributed by atoms with van der Waals surface area (Å²) in [5.74, 6) is -0.809. The molecule has 0 heterocycles. The SMILES string of the molecule is Cc1ccc(NCC(=O)NNC(=O)c2ccc(C#N)cc2)c(C)c1. The van der Waals surface area contributed by atoms with Crippen molar-refractivity contribution in [1.82, 2.24) is 10.9 Å². The Balaban J connectivity index is 1.82. The molecule has 2 aromatic rings. The quantitative estimate of drug-likeness (QED) is 0.751. The highest BCUT2D eigenvalue weighted by atomic mass is 16.2. The number of rotatable bonds is 4. The second-order valence-corrected chi connectivity index (χ2v) is 5.36. The molecule has 2 amide bonds. The van der Waals surface area contributed by atoms with Crippen molar-refractivity contribution in [1.29, 1.82) is 5.26 Å². The van der Waals surface area contributed by atoms with Gasteiger partial charge in [0.05, 0.1) is 18.2 Å². The molecular weight excluding hydrogens is 304 g/mol. The highest BCUT2D eigenvalue weighted by molar-refractivity contribution is 5.95. The molecule has 0 aliphatic heterocycles. The molecule has 0 aliphatic carbocycles. The first-order chi connectivity index (χ1) is 11.5. The van der Waals surface area contributed by atoms with Gasteiger partial charge < -0.3 is 5.32 Å². The zero-order valence-corrected chi connectivity index (χ0v) is 13.5. The van der Waals surface area contributed by atoms with Gasteiger partial charge >= 0.3 is 0 Å². The van der Waals surface area contributed by atoms with Gasteiger partial charge in [-0.25, -0.2) is 0 Å². The fourth-order valence-electron chi connectivity index (χ4n) is 2.13. The van der Waals surface area contributed by atoms with Crippen LogP contribution in [0.3, 0.4) is 0 Å². The van der Waals surface area contributed by atoms with Crippen LogP contribution in [0.5, 0.6) is 0 Å². The van der Waals surface area contributed by atoms with E-state index in [1.54, 1.807) is 12.1 Å². The van der Waals surface area contributed by atoms with Crippen LogP contribution in [0.15, 0.2) is 42.5 Å². The molecule has 0 aliphatic rings. The molecule has 3 N–H and O–H groups in total. The Bertz CT molecular complexity index is 792. The van der Waals surface area contributed by atoms with Gasteiger partial charge in [0.2, 0.25) is 0 Å². The van der Waals surface area contributed by atoms with Crippen molar-refractivity contribution in [3.8, 4) is 6.07 Å². The Morgan fingerprint density at radius 3 is 2.38 bits per heavy atom. The number of aryl methyl sites for hydroxylation is 2. The van der Waals surface area contributed by atoms with Crippen LogP contribution in [-0.2, 0) is 4.79 Å². The summed E-state index contributed by atoms with van der Waals surface area (Å²) in [6.07, 6.45) is 0. The van der Waals surface area contributed by atoms with Crippen LogP contribution in [-0.4, -0.2) is 18.4 Å². The maximum absolute atomic E-state index is 11.9. The predicted octanol–water partition coefficient (Wildman–Crippen LogP) is 2.05. The Morgan fingerprint density at radius 2 is 1.75 bits per heavy atom. The summed E-state index contributed by atoms with van der Waals surface area (Å²) in [4.78, 5) is 23.7. The second-order valence-electron chi connectivity index (χ2n) is 5.36. The van der Waals surface area contributed by atoms with Crippen molar-refractivity contribution in [3.63, 3.8) is 0 Å². The van der Waals surface area contributed by atoms with Crippen molar-refractivity contribution < 1.29 is 9.59 Å². The standard InChI is InChI=1S/C18H18N4O2/c1-12-3-8-16(13(2)9-12)20-11-17(23)21-22-18(24)15-6-4-14(10-19)5-7-15/h3-9,20H,11H2,1-2H3,(H,21,23)(H,22,24). The van der Waals surface area contributed by atoms with Crippen molar-refractivity contribution in [2.45, 2.75) is 13.8 Å². The third-order valence-electron chi connectivity index (χ3n) is 3.41. The minimum absolute atomic E-state index is 0.0392. The van der Waals surface area contributed by atoms with Crippen molar-refractivity contribution in [2.24, 2.45) is 0 Å². The smallest absolute Gasteiger partial charge is 0.269 e. The van der Waals surface area contributed by atoms with Gasteiger partial charge in [-0.1, -0.05) is 17.7 Å². The van der Waals surface area contributed by atoms with E-state index >= 15 is 0 Å². The van der Waals surface area contributed by atoms with Gasteiger partial charge in [0, 0.05) is 11.3 Å². The number of anilines is 1. The van der Waals surface area contributed by atoms with E-state index in [9.17, 15) is 9.59 Å². The van der Waals surface area contributed by atoms with Crippen LogP contribution in [0, 0.1) is 25.2 Å². The van der Waals surface area contributed by atoms with E-state index in [0.29, 0.717) is 11.1 Å². The summed E-state index contributed by atoms with van der Waals surface area (Å²) in [6, 6.07) is 14.0. The third-order valence-corrected chi connectivity index (χ3v) is 3.41. The molecule has 0 saturated carbocycles. The first-order valence-electron chi connectivity index (χ1n) is 7.40. The average molecular weight is 322 g/mol. The summed E-state index contributed by atoms with van der Waals surface area (Å²) in [5, 5.41) is 11.7. The molecule has 2 aromatic carbocycles. The molecule has 0 atom stereocenters. The Hall–Kier alpha value is -3.33. The zero-order valence-electron chi connectivity index (χ0n) is 13.5. The van der Waals surface area contributed by atoms with E-state index < -0.39 is 5.91 Å². The normalized spacial score (nSPS) is 9.71. The maximum atomic E-state index is 11.9. The number of nitriles is 1. The summed E-state index contributed by atoms with van der Waals surface area (Å²) in [6.45, 7) is 4.00. The number of hydrogen-bond donors (Lipinski definition) is 3. The summed E-state index contributed by atoms with van der Waals surface area (Å²) >= 11 is 0. The molecule has 6 heteroatoms. The van der Waals surface area contributed by atoms with Gasteiger partial charge in [-0.2, -0.15) is 5.26 Å².